The second kappa shape index (κ2) is 7.37. The number of nitrogens with two attached hydrogens (primary N) is 1. The number of anilines is 2. The van der Waals surface area contributed by atoms with Gasteiger partial charge in [0.1, 0.15) is 12.0 Å². The molecule has 0 aliphatic rings. The Balaban J connectivity index is 3.05. The summed E-state index contributed by atoms with van der Waals surface area (Å²) >= 11 is 0. The van der Waals surface area contributed by atoms with Crippen LogP contribution in [0.4, 0.5) is 20.2 Å². The molecule has 0 heterocycles. The summed E-state index contributed by atoms with van der Waals surface area (Å²) in [4.78, 5) is 25.0. The van der Waals surface area contributed by atoms with Gasteiger partial charge in [-0.15, -0.1) is 6.58 Å². The van der Waals surface area contributed by atoms with Gasteiger partial charge in [-0.25, -0.2) is 8.78 Å². The molecule has 0 unspecified atom stereocenters. The SMILES string of the molecule is C=CCN(C)C(=O)CN(CC=O)c1c(F)cc(N)cc1F. The van der Waals surface area contributed by atoms with Crippen LogP contribution >= 0.6 is 0 Å². The van der Waals surface area contributed by atoms with Gasteiger partial charge in [-0.3, -0.25) is 4.79 Å². The van der Waals surface area contributed by atoms with Crippen LogP contribution in [0.2, 0.25) is 0 Å². The minimum absolute atomic E-state index is 0.0742. The van der Waals surface area contributed by atoms with E-state index in [1.807, 2.05) is 0 Å². The molecule has 0 aromatic heterocycles. The molecule has 0 radical (unpaired) electrons. The highest BCUT2D eigenvalue weighted by atomic mass is 19.1. The molecule has 0 saturated carbocycles. The number of nitrogens with zero attached hydrogens (tertiary/aromatic N) is 2. The third kappa shape index (κ3) is 4.27. The summed E-state index contributed by atoms with van der Waals surface area (Å²) in [6, 6.07) is 1.88. The monoisotopic (exact) mass is 297 g/mol. The van der Waals surface area contributed by atoms with Crippen molar-refractivity contribution in [1.82, 2.24) is 4.90 Å². The van der Waals surface area contributed by atoms with Crippen LogP contribution in [0.25, 0.3) is 0 Å². The van der Waals surface area contributed by atoms with Crippen LogP contribution in [0.1, 0.15) is 0 Å². The van der Waals surface area contributed by atoms with Gasteiger partial charge >= 0.3 is 0 Å². The summed E-state index contributed by atoms with van der Waals surface area (Å²) < 4.78 is 27.7. The smallest absolute Gasteiger partial charge is 0.242 e. The predicted molar refractivity (Wildman–Crippen MR) is 76.9 cm³/mol. The first kappa shape index (κ1) is 16.6. The van der Waals surface area contributed by atoms with Crippen LogP contribution < -0.4 is 10.6 Å². The zero-order chi connectivity index (χ0) is 16.0. The van der Waals surface area contributed by atoms with Crippen LogP contribution in [-0.2, 0) is 9.59 Å². The number of nitrogen functional groups attached to an aromatic ring is 1. The first-order valence-corrected chi connectivity index (χ1v) is 6.18. The number of carbonyl (C=O) groups is 2. The van der Waals surface area contributed by atoms with Crippen molar-refractivity contribution in [1.29, 1.82) is 0 Å². The highest BCUT2D eigenvalue weighted by molar-refractivity contribution is 5.82. The molecule has 0 spiro atoms. The van der Waals surface area contributed by atoms with Crippen LogP contribution in [-0.4, -0.2) is 43.8 Å². The van der Waals surface area contributed by atoms with Crippen LogP contribution in [0, 0.1) is 11.6 Å². The molecule has 21 heavy (non-hydrogen) atoms. The molecule has 1 aromatic rings. The fourth-order valence-electron chi connectivity index (χ4n) is 1.79. The molecule has 1 aromatic carbocycles. The maximum Gasteiger partial charge on any atom is 0.242 e. The number of hydrogen-bond donors (Lipinski definition) is 1. The first-order chi connectivity index (χ1) is 9.90. The van der Waals surface area contributed by atoms with Crippen molar-refractivity contribution < 1.29 is 18.4 Å². The van der Waals surface area contributed by atoms with E-state index in [1.165, 1.54) is 18.0 Å². The second-order valence-electron chi connectivity index (χ2n) is 4.44. The molecule has 0 atom stereocenters. The number of amides is 1. The number of carbonyl (C=O) groups excluding carboxylic acids is 2. The number of benzene rings is 1. The topological polar surface area (TPSA) is 66.6 Å². The molecule has 114 valence electrons. The molecule has 0 aliphatic heterocycles. The van der Waals surface area contributed by atoms with E-state index >= 15 is 0 Å². The van der Waals surface area contributed by atoms with Gasteiger partial charge in [0.2, 0.25) is 5.91 Å². The maximum absolute atomic E-state index is 13.9. The number of aldehydes is 1. The molecule has 1 rings (SSSR count). The Morgan fingerprint density at radius 2 is 1.90 bits per heavy atom. The Morgan fingerprint density at radius 3 is 2.38 bits per heavy atom. The summed E-state index contributed by atoms with van der Waals surface area (Å²) in [5.41, 5.74) is 4.82. The standard InChI is InChI=1S/C14H17F2N3O2/c1-3-4-18(2)13(21)9-19(5-6-20)14-11(15)7-10(17)8-12(14)16/h3,6-8H,1,4-5,9,17H2,2H3. The van der Waals surface area contributed by atoms with E-state index in [0.717, 1.165) is 17.0 Å². The lowest BCUT2D eigenvalue weighted by Gasteiger charge is -2.25. The van der Waals surface area contributed by atoms with Gasteiger partial charge in [-0.2, -0.15) is 0 Å². The Morgan fingerprint density at radius 1 is 1.33 bits per heavy atom. The van der Waals surface area contributed by atoms with Crippen molar-refractivity contribution in [2.75, 3.05) is 37.3 Å². The highest BCUT2D eigenvalue weighted by Crippen LogP contribution is 2.25. The number of likely N-dealkylation sites (N-methyl/N-ethyl adjacent to an activating group) is 1. The van der Waals surface area contributed by atoms with Gasteiger partial charge in [0.05, 0.1) is 13.1 Å². The lowest BCUT2D eigenvalue weighted by atomic mass is 10.2. The van der Waals surface area contributed by atoms with E-state index in [2.05, 4.69) is 6.58 Å². The van der Waals surface area contributed by atoms with Gasteiger partial charge in [0.25, 0.3) is 0 Å². The average molecular weight is 297 g/mol. The molecule has 0 fully saturated rings. The Bertz CT molecular complexity index is 526. The third-order valence-electron chi connectivity index (χ3n) is 2.81. The Labute approximate surface area is 121 Å². The largest absolute Gasteiger partial charge is 0.399 e. The van der Waals surface area contributed by atoms with Crippen molar-refractivity contribution in [3.8, 4) is 0 Å². The van der Waals surface area contributed by atoms with Gasteiger partial charge in [-0.1, -0.05) is 6.08 Å². The Kier molecular flexibility index (Phi) is 5.83. The molecule has 2 N–H and O–H groups in total. The van der Waals surface area contributed by atoms with Crippen molar-refractivity contribution >= 4 is 23.6 Å². The molecule has 1 amide bonds. The van der Waals surface area contributed by atoms with Crippen LogP contribution in [0.3, 0.4) is 0 Å². The number of rotatable bonds is 7. The molecule has 0 bridgehead atoms. The van der Waals surface area contributed by atoms with E-state index in [9.17, 15) is 18.4 Å². The third-order valence-corrected chi connectivity index (χ3v) is 2.81. The molecule has 5 nitrogen and oxygen atoms in total. The van der Waals surface area contributed by atoms with Crippen molar-refractivity contribution in [2.45, 2.75) is 0 Å². The minimum Gasteiger partial charge on any atom is -0.399 e. The van der Waals surface area contributed by atoms with Gasteiger partial charge in [-0.05, 0) is 12.1 Å². The quantitative estimate of drug-likeness (QED) is 0.466. The Hall–Kier alpha value is -2.44. The number of hydrogen-bond acceptors (Lipinski definition) is 4. The van der Waals surface area contributed by atoms with Crippen LogP contribution in [0.15, 0.2) is 24.8 Å². The zero-order valence-electron chi connectivity index (χ0n) is 11.7. The lowest BCUT2D eigenvalue weighted by Crippen LogP contribution is -2.40. The van der Waals surface area contributed by atoms with E-state index in [0.29, 0.717) is 12.8 Å². The van der Waals surface area contributed by atoms with Crippen LogP contribution in [0.5, 0.6) is 0 Å². The molecular formula is C14H17F2N3O2. The normalized spacial score (nSPS) is 10.0. The second-order valence-corrected chi connectivity index (χ2v) is 4.44. The van der Waals surface area contributed by atoms with Crippen molar-refractivity contribution in [2.24, 2.45) is 0 Å². The van der Waals surface area contributed by atoms with Crippen molar-refractivity contribution in [3.05, 3.63) is 36.4 Å². The zero-order valence-corrected chi connectivity index (χ0v) is 11.7. The molecular weight excluding hydrogens is 280 g/mol. The maximum atomic E-state index is 13.9. The molecule has 0 saturated heterocycles. The van der Waals surface area contributed by atoms with E-state index in [-0.39, 0.29) is 18.8 Å². The summed E-state index contributed by atoms with van der Waals surface area (Å²) in [5, 5.41) is 0. The van der Waals surface area contributed by atoms with Gasteiger partial charge < -0.3 is 20.3 Å². The minimum atomic E-state index is -0.923. The average Bonchev–Trinajstić information content (AvgIpc) is 2.37. The molecule has 7 heteroatoms. The fraction of sp³-hybridized carbons (Fsp3) is 0.286. The van der Waals surface area contributed by atoms with E-state index in [4.69, 9.17) is 5.73 Å². The van der Waals surface area contributed by atoms with E-state index in [1.54, 1.807) is 0 Å². The fourth-order valence-corrected chi connectivity index (χ4v) is 1.79. The predicted octanol–water partition coefficient (Wildman–Crippen LogP) is 1.20. The van der Waals surface area contributed by atoms with Crippen molar-refractivity contribution in [3.63, 3.8) is 0 Å². The summed E-state index contributed by atoms with van der Waals surface area (Å²) in [6.07, 6.45) is 1.99. The highest BCUT2D eigenvalue weighted by Gasteiger charge is 2.21. The first-order valence-electron chi connectivity index (χ1n) is 6.18. The lowest BCUT2D eigenvalue weighted by molar-refractivity contribution is -0.127. The van der Waals surface area contributed by atoms with E-state index < -0.39 is 23.2 Å². The number of halogens is 2. The van der Waals surface area contributed by atoms with Gasteiger partial charge in [0.15, 0.2) is 11.6 Å². The van der Waals surface area contributed by atoms with Gasteiger partial charge in [0, 0.05) is 19.3 Å². The summed E-state index contributed by atoms with van der Waals surface area (Å²) in [6.45, 7) is 3.14. The summed E-state index contributed by atoms with van der Waals surface area (Å²) in [7, 11) is 1.53. The molecule has 0 aliphatic carbocycles. The summed E-state index contributed by atoms with van der Waals surface area (Å²) in [5.74, 6) is -2.24.